The number of anilines is 1. The van der Waals surface area contributed by atoms with Crippen LogP contribution in [0.5, 0.6) is 0 Å². The molecule has 0 atom stereocenters. The summed E-state index contributed by atoms with van der Waals surface area (Å²) < 4.78 is 5.13. The van der Waals surface area contributed by atoms with Crippen molar-refractivity contribution in [2.24, 2.45) is 0 Å². The molecule has 1 N–H and O–H groups in total. The summed E-state index contributed by atoms with van der Waals surface area (Å²) in [5, 5.41) is 16.3. The summed E-state index contributed by atoms with van der Waals surface area (Å²) in [7, 11) is 0. The van der Waals surface area contributed by atoms with E-state index in [1.165, 1.54) is 35.9 Å². The number of amides is 1. The van der Waals surface area contributed by atoms with Crippen LogP contribution >= 0.6 is 23.1 Å². The number of hydrogen-bond acceptors (Lipinski definition) is 8. The van der Waals surface area contributed by atoms with Gasteiger partial charge in [0.1, 0.15) is 5.01 Å². The van der Waals surface area contributed by atoms with Gasteiger partial charge in [-0.1, -0.05) is 48.4 Å². The van der Waals surface area contributed by atoms with Crippen LogP contribution in [0.4, 0.5) is 5.13 Å². The van der Waals surface area contributed by atoms with Crippen molar-refractivity contribution >= 4 is 34.1 Å². The number of carbonyl (C=O) groups excluding carboxylic acids is 1. The molecule has 2 aromatic heterocycles. The highest BCUT2D eigenvalue weighted by Gasteiger charge is 2.15. The number of hydrogen-bond donors (Lipinski definition) is 1. The Balaban J connectivity index is 1.62. The van der Waals surface area contributed by atoms with Gasteiger partial charge in [0.05, 0.1) is 11.3 Å². The van der Waals surface area contributed by atoms with Gasteiger partial charge in [-0.15, -0.1) is 22.0 Å². The van der Waals surface area contributed by atoms with Gasteiger partial charge in [-0.05, 0) is 25.5 Å². The first-order chi connectivity index (χ1) is 13.2. The molecule has 0 radical (unpaired) electrons. The molecule has 142 valence electrons. The normalized spacial score (nSPS) is 10.9. The summed E-state index contributed by atoms with van der Waals surface area (Å²) in [6, 6.07) is 7.43. The molecular formula is C18H21N5O2S2. The molecule has 9 heteroatoms. The smallest absolute Gasteiger partial charge is 0.258 e. The van der Waals surface area contributed by atoms with Crippen LogP contribution in [0.1, 0.15) is 53.3 Å². The minimum Gasteiger partial charge on any atom is -0.338 e. The van der Waals surface area contributed by atoms with Crippen molar-refractivity contribution in [3.63, 3.8) is 0 Å². The van der Waals surface area contributed by atoms with E-state index in [0.29, 0.717) is 28.2 Å². The van der Waals surface area contributed by atoms with Crippen molar-refractivity contribution in [3.05, 3.63) is 46.6 Å². The number of unbranched alkanes of at least 4 members (excludes halogenated alkanes) is 2. The maximum Gasteiger partial charge on any atom is 0.258 e. The van der Waals surface area contributed by atoms with Crippen LogP contribution in [-0.2, 0) is 12.2 Å². The number of nitrogens with zero attached hydrogens (tertiary/aromatic N) is 4. The Morgan fingerprint density at radius 3 is 2.89 bits per heavy atom. The molecule has 1 aromatic carbocycles. The van der Waals surface area contributed by atoms with Crippen LogP contribution in [0.15, 0.2) is 33.7 Å². The molecule has 0 saturated heterocycles. The van der Waals surface area contributed by atoms with Crippen LogP contribution < -0.4 is 5.32 Å². The van der Waals surface area contributed by atoms with E-state index < -0.39 is 0 Å². The zero-order valence-electron chi connectivity index (χ0n) is 15.3. The van der Waals surface area contributed by atoms with E-state index in [1.54, 1.807) is 13.0 Å². The first kappa shape index (κ1) is 19.5. The standard InChI is InChI=1S/C18H21N5O2S2/c1-3-4-5-10-16-21-22-18(27-16)20-17(24)13-8-6-7-9-14(13)26-11-15-19-12(2)23-25-15/h6-9H,3-5,10-11H2,1-2H3,(H,20,22,24). The van der Waals surface area contributed by atoms with Crippen LogP contribution in [0.2, 0.25) is 0 Å². The molecule has 1 amide bonds. The minimum atomic E-state index is -0.198. The molecule has 3 aromatic rings. The summed E-state index contributed by atoms with van der Waals surface area (Å²) in [5.41, 5.74) is 0.585. The van der Waals surface area contributed by atoms with E-state index in [1.807, 2.05) is 18.2 Å². The van der Waals surface area contributed by atoms with Gasteiger partial charge in [-0.3, -0.25) is 10.1 Å². The van der Waals surface area contributed by atoms with E-state index in [4.69, 9.17) is 4.52 Å². The van der Waals surface area contributed by atoms with Crippen molar-refractivity contribution in [2.45, 2.75) is 50.2 Å². The van der Waals surface area contributed by atoms with Crippen LogP contribution in [0, 0.1) is 6.92 Å². The van der Waals surface area contributed by atoms with E-state index in [-0.39, 0.29) is 5.91 Å². The topological polar surface area (TPSA) is 93.8 Å². The first-order valence-electron chi connectivity index (χ1n) is 8.80. The maximum absolute atomic E-state index is 12.7. The summed E-state index contributed by atoms with van der Waals surface area (Å²) in [6.45, 7) is 3.94. The molecule has 2 heterocycles. The van der Waals surface area contributed by atoms with Gasteiger partial charge in [0.2, 0.25) is 11.0 Å². The quantitative estimate of drug-likeness (QED) is 0.415. The number of carbonyl (C=O) groups is 1. The molecular weight excluding hydrogens is 382 g/mol. The molecule has 0 saturated carbocycles. The second kappa shape index (κ2) is 9.61. The lowest BCUT2D eigenvalue weighted by Gasteiger charge is -2.07. The van der Waals surface area contributed by atoms with Crippen LogP contribution in [0.25, 0.3) is 0 Å². The van der Waals surface area contributed by atoms with Crippen molar-refractivity contribution in [2.75, 3.05) is 5.32 Å². The largest absolute Gasteiger partial charge is 0.338 e. The Morgan fingerprint density at radius 2 is 2.11 bits per heavy atom. The number of nitrogens with one attached hydrogen (secondary N) is 1. The molecule has 27 heavy (non-hydrogen) atoms. The third kappa shape index (κ3) is 5.61. The molecule has 7 nitrogen and oxygen atoms in total. The van der Waals surface area contributed by atoms with Gasteiger partial charge in [0, 0.05) is 11.3 Å². The predicted molar refractivity (Wildman–Crippen MR) is 106 cm³/mol. The number of thioether (sulfide) groups is 1. The summed E-state index contributed by atoms with van der Waals surface area (Å²) >= 11 is 2.91. The number of rotatable bonds is 9. The molecule has 0 aliphatic rings. The highest BCUT2D eigenvalue weighted by atomic mass is 32.2. The van der Waals surface area contributed by atoms with Gasteiger partial charge < -0.3 is 4.52 Å². The fourth-order valence-electron chi connectivity index (χ4n) is 2.41. The Labute approximate surface area is 166 Å². The second-order valence-electron chi connectivity index (χ2n) is 5.93. The molecule has 0 bridgehead atoms. The van der Waals surface area contributed by atoms with Crippen LogP contribution in [-0.4, -0.2) is 26.2 Å². The third-order valence-corrected chi connectivity index (χ3v) is 5.69. The van der Waals surface area contributed by atoms with Gasteiger partial charge in [-0.2, -0.15) is 4.98 Å². The number of benzene rings is 1. The summed E-state index contributed by atoms with van der Waals surface area (Å²) in [5.74, 6) is 1.44. The maximum atomic E-state index is 12.7. The Hall–Kier alpha value is -2.26. The SMILES string of the molecule is CCCCCc1nnc(NC(=O)c2ccccc2SCc2nc(C)no2)s1. The van der Waals surface area contributed by atoms with E-state index >= 15 is 0 Å². The second-order valence-corrected chi connectivity index (χ2v) is 8.01. The first-order valence-corrected chi connectivity index (χ1v) is 10.6. The van der Waals surface area contributed by atoms with Gasteiger partial charge in [0.15, 0.2) is 5.82 Å². The molecule has 0 aliphatic carbocycles. The fourth-order valence-corrected chi connectivity index (χ4v) is 4.08. The predicted octanol–water partition coefficient (Wildman–Crippen LogP) is 4.51. The Morgan fingerprint density at radius 1 is 1.26 bits per heavy atom. The summed E-state index contributed by atoms with van der Waals surface area (Å²) in [4.78, 5) is 17.7. The van der Waals surface area contributed by atoms with E-state index in [0.717, 1.165) is 22.7 Å². The lowest BCUT2D eigenvalue weighted by atomic mass is 10.2. The highest BCUT2D eigenvalue weighted by molar-refractivity contribution is 7.98. The van der Waals surface area contributed by atoms with Crippen molar-refractivity contribution in [3.8, 4) is 0 Å². The average molecular weight is 404 g/mol. The lowest BCUT2D eigenvalue weighted by Crippen LogP contribution is -2.12. The molecule has 0 spiro atoms. The van der Waals surface area contributed by atoms with E-state index in [9.17, 15) is 4.79 Å². The summed E-state index contributed by atoms with van der Waals surface area (Å²) in [6.07, 6.45) is 4.33. The zero-order chi connectivity index (χ0) is 19.1. The Kier molecular flexibility index (Phi) is 6.94. The fraction of sp³-hybridized carbons (Fsp3) is 0.389. The van der Waals surface area contributed by atoms with E-state index in [2.05, 4.69) is 32.6 Å². The number of aryl methyl sites for hydroxylation is 2. The van der Waals surface area contributed by atoms with Crippen molar-refractivity contribution < 1.29 is 9.32 Å². The monoisotopic (exact) mass is 403 g/mol. The molecule has 0 aliphatic heterocycles. The molecule has 0 fully saturated rings. The minimum absolute atomic E-state index is 0.198. The Bertz CT molecular complexity index is 893. The van der Waals surface area contributed by atoms with Gasteiger partial charge in [0.25, 0.3) is 5.91 Å². The number of aromatic nitrogens is 4. The molecule has 3 rings (SSSR count). The van der Waals surface area contributed by atoms with Gasteiger partial charge >= 0.3 is 0 Å². The highest BCUT2D eigenvalue weighted by Crippen LogP contribution is 2.27. The third-order valence-electron chi connectivity index (χ3n) is 3.73. The van der Waals surface area contributed by atoms with Crippen molar-refractivity contribution in [1.29, 1.82) is 0 Å². The van der Waals surface area contributed by atoms with Crippen molar-refractivity contribution in [1.82, 2.24) is 20.3 Å². The molecule has 0 unspecified atom stereocenters. The lowest BCUT2D eigenvalue weighted by molar-refractivity contribution is 0.102. The van der Waals surface area contributed by atoms with Crippen LogP contribution in [0.3, 0.4) is 0 Å². The zero-order valence-corrected chi connectivity index (χ0v) is 16.9. The average Bonchev–Trinajstić information content (AvgIpc) is 3.29. The van der Waals surface area contributed by atoms with Gasteiger partial charge in [-0.25, -0.2) is 0 Å².